The molecule has 0 aromatic heterocycles. The molecule has 0 aliphatic carbocycles. The number of hydrogen-bond donors (Lipinski definition) is 1. The first-order valence-electron chi connectivity index (χ1n) is 6.73. The van der Waals surface area contributed by atoms with Gasteiger partial charge in [-0.25, -0.2) is 4.39 Å². The summed E-state index contributed by atoms with van der Waals surface area (Å²) in [5.74, 6) is -1.51. The molecule has 0 fully saturated rings. The lowest BCUT2D eigenvalue weighted by Crippen LogP contribution is -2.36. The summed E-state index contributed by atoms with van der Waals surface area (Å²) < 4.78 is 13.2. The SMILES string of the molecule is CC(CN(CCN(C)C)Cc1cccc(F)c1)C(=O)O. The molecule has 0 amide bonds. The Hall–Kier alpha value is -1.46. The molecule has 1 atom stereocenters. The van der Waals surface area contributed by atoms with Crippen LogP contribution in [-0.4, -0.2) is 54.6 Å². The van der Waals surface area contributed by atoms with E-state index in [1.165, 1.54) is 12.1 Å². The van der Waals surface area contributed by atoms with Gasteiger partial charge in [0.15, 0.2) is 0 Å². The quantitative estimate of drug-likeness (QED) is 0.791. The van der Waals surface area contributed by atoms with Crippen LogP contribution < -0.4 is 0 Å². The number of aliphatic carboxylic acids is 1. The number of halogens is 1. The minimum Gasteiger partial charge on any atom is -0.481 e. The second kappa shape index (κ2) is 7.97. The van der Waals surface area contributed by atoms with Gasteiger partial charge in [-0.2, -0.15) is 0 Å². The Bertz CT molecular complexity index is 438. The average Bonchev–Trinajstić information content (AvgIpc) is 2.35. The molecule has 112 valence electrons. The third kappa shape index (κ3) is 6.12. The molecule has 20 heavy (non-hydrogen) atoms. The zero-order chi connectivity index (χ0) is 15.1. The highest BCUT2D eigenvalue weighted by atomic mass is 19.1. The highest BCUT2D eigenvalue weighted by molar-refractivity contribution is 5.69. The summed E-state index contributed by atoms with van der Waals surface area (Å²) in [6.45, 7) is 4.29. The van der Waals surface area contributed by atoms with Crippen molar-refractivity contribution >= 4 is 5.97 Å². The first-order valence-corrected chi connectivity index (χ1v) is 6.73. The van der Waals surface area contributed by atoms with E-state index in [-0.39, 0.29) is 5.82 Å². The second-order valence-corrected chi connectivity index (χ2v) is 5.41. The van der Waals surface area contributed by atoms with Crippen molar-refractivity contribution in [3.05, 3.63) is 35.6 Å². The van der Waals surface area contributed by atoms with E-state index in [1.54, 1.807) is 13.0 Å². The summed E-state index contributed by atoms with van der Waals surface area (Å²) in [7, 11) is 3.95. The van der Waals surface area contributed by atoms with E-state index < -0.39 is 11.9 Å². The van der Waals surface area contributed by atoms with Crippen LogP contribution in [0.25, 0.3) is 0 Å². The molecule has 1 aromatic rings. The maximum absolute atomic E-state index is 13.2. The van der Waals surface area contributed by atoms with Crippen LogP contribution in [-0.2, 0) is 11.3 Å². The van der Waals surface area contributed by atoms with Gasteiger partial charge in [-0.1, -0.05) is 19.1 Å². The molecule has 0 spiro atoms. The topological polar surface area (TPSA) is 43.8 Å². The number of nitrogens with zero attached hydrogens (tertiary/aromatic N) is 2. The van der Waals surface area contributed by atoms with Crippen LogP contribution in [0.1, 0.15) is 12.5 Å². The normalized spacial score (nSPS) is 12.9. The third-order valence-electron chi connectivity index (χ3n) is 3.11. The zero-order valence-electron chi connectivity index (χ0n) is 12.3. The van der Waals surface area contributed by atoms with Crippen molar-refractivity contribution in [2.75, 3.05) is 33.7 Å². The summed E-state index contributed by atoms with van der Waals surface area (Å²) in [4.78, 5) is 15.1. The fraction of sp³-hybridized carbons (Fsp3) is 0.533. The highest BCUT2D eigenvalue weighted by Crippen LogP contribution is 2.09. The third-order valence-corrected chi connectivity index (χ3v) is 3.11. The Balaban J connectivity index is 2.68. The summed E-state index contributed by atoms with van der Waals surface area (Å²) in [6, 6.07) is 6.44. The molecule has 0 radical (unpaired) electrons. The smallest absolute Gasteiger partial charge is 0.307 e. The van der Waals surface area contributed by atoms with E-state index in [0.29, 0.717) is 13.1 Å². The van der Waals surface area contributed by atoms with Gasteiger partial charge < -0.3 is 10.0 Å². The molecule has 0 saturated carbocycles. The van der Waals surface area contributed by atoms with Crippen molar-refractivity contribution in [1.29, 1.82) is 0 Å². The van der Waals surface area contributed by atoms with E-state index in [2.05, 4.69) is 0 Å². The molecule has 5 heteroatoms. The predicted octanol–water partition coefficient (Wildman–Crippen LogP) is 1.91. The monoisotopic (exact) mass is 282 g/mol. The number of carbonyl (C=O) groups is 1. The van der Waals surface area contributed by atoms with Crippen molar-refractivity contribution in [3.63, 3.8) is 0 Å². The van der Waals surface area contributed by atoms with E-state index in [0.717, 1.165) is 18.7 Å². The fourth-order valence-corrected chi connectivity index (χ4v) is 1.94. The molecule has 0 aliphatic rings. The second-order valence-electron chi connectivity index (χ2n) is 5.41. The summed E-state index contributed by atoms with van der Waals surface area (Å²) in [5, 5.41) is 9.02. The number of benzene rings is 1. The average molecular weight is 282 g/mol. The van der Waals surface area contributed by atoms with Gasteiger partial charge in [-0.3, -0.25) is 9.69 Å². The lowest BCUT2D eigenvalue weighted by molar-refractivity contribution is -0.141. The van der Waals surface area contributed by atoms with Crippen LogP contribution in [0, 0.1) is 11.7 Å². The number of hydrogen-bond acceptors (Lipinski definition) is 3. The van der Waals surface area contributed by atoms with Gasteiger partial charge in [-0.15, -0.1) is 0 Å². The van der Waals surface area contributed by atoms with Crippen LogP contribution >= 0.6 is 0 Å². The first-order chi connectivity index (χ1) is 9.38. The largest absolute Gasteiger partial charge is 0.481 e. The molecule has 1 aromatic carbocycles. The molecular formula is C15H23FN2O2. The van der Waals surface area contributed by atoms with Crippen LogP contribution in [0.15, 0.2) is 24.3 Å². The van der Waals surface area contributed by atoms with E-state index in [1.807, 2.05) is 30.0 Å². The van der Waals surface area contributed by atoms with Crippen LogP contribution in [0.5, 0.6) is 0 Å². The number of carboxylic acids is 1. The number of likely N-dealkylation sites (N-methyl/N-ethyl adjacent to an activating group) is 1. The molecule has 1 unspecified atom stereocenters. The van der Waals surface area contributed by atoms with E-state index in [9.17, 15) is 9.18 Å². The van der Waals surface area contributed by atoms with Gasteiger partial charge in [0.2, 0.25) is 0 Å². The van der Waals surface area contributed by atoms with Gasteiger partial charge >= 0.3 is 5.97 Å². The van der Waals surface area contributed by atoms with Gasteiger partial charge in [0.25, 0.3) is 0 Å². The van der Waals surface area contributed by atoms with Crippen molar-refractivity contribution < 1.29 is 14.3 Å². The fourth-order valence-electron chi connectivity index (χ4n) is 1.94. The molecule has 0 bridgehead atoms. The maximum Gasteiger partial charge on any atom is 0.307 e. The molecule has 0 aliphatic heterocycles. The number of rotatable bonds is 8. The van der Waals surface area contributed by atoms with Gasteiger partial charge in [-0.05, 0) is 31.8 Å². The van der Waals surface area contributed by atoms with Gasteiger partial charge in [0, 0.05) is 26.2 Å². The van der Waals surface area contributed by atoms with E-state index in [4.69, 9.17) is 5.11 Å². The van der Waals surface area contributed by atoms with Crippen molar-refractivity contribution in [2.45, 2.75) is 13.5 Å². The minimum atomic E-state index is -0.806. The summed E-state index contributed by atoms with van der Waals surface area (Å²) in [5.41, 5.74) is 0.862. The zero-order valence-corrected chi connectivity index (χ0v) is 12.3. The molecular weight excluding hydrogens is 259 g/mol. The Labute approximate surface area is 119 Å². The van der Waals surface area contributed by atoms with Crippen molar-refractivity contribution in [2.24, 2.45) is 5.92 Å². The van der Waals surface area contributed by atoms with Gasteiger partial charge in [0.05, 0.1) is 5.92 Å². The van der Waals surface area contributed by atoms with Crippen LogP contribution in [0.2, 0.25) is 0 Å². The molecule has 0 saturated heterocycles. The first kappa shape index (κ1) is 16.6. The van der Waals surface area contributed by atoms with Crippen molar-refractivity contribution in [1.82, 2.24) is 9.80 Å². The summed E-state index contributed by atoms with van der Waals surface area (Å²) in [6.07, 6.45) is 0. The highest BCUT2D eigenvalue weighted by Gasteiger charge is 2.16. The van der Waals surface area contributed by atoms with Gasteiger partial charge in [0.1, 0.15) is 5.82 Å². The molecule has 4 nitrogen and oxygen atoms in total. The van der Waals surface area contributed by atoms with Crippen molar-refractivity contribution in [3.8, 4) is 0 Å². The molecule has 0 heterocycles. The Morgan fingerprint density at radius 1 is 1.35 bits per heavy atom. The lowest BCUT2D eigenvalue weighted by Gasteiger charge is -2.25. The minimum absolute atomic E-state index is 0.263. The standard InChI is InChI=1S/C15H23FN2O2/c1-12(15(19)20)10-18(8-7-17(2)3)11-13-5-4-6-14(16)9-13/h4-6,9,12H,7-8,10-11H2,1-3H3,(H,19,20). The van der Waals surface area contributed by atoms with Crippen LogP contribution in [0.3, 0.4) is 0 Å². The molecule has 1 N–H and O–H groups in total. The van der Waals surface area contributed by atoms with Crippen LogP contribution in [0.4, 0.5) is 4.39 Å². The Morgan fingerprint density at radius 3 is 2.60 bits per heavy atom. The van der Waals surface area contributed by atoms with E-state index >= 15 is 0 Å². The Kier molecular flexibility index (Phi) is 6.61. The number of carboxylic acid groups (broad SMARTS) is 1. The Morgan fingerprint density at radius 2 is 2.05 bits per heavy atom. The maximum atomic E-state index is 13.2. The summed E-state index contributed by atoms with van der Waals surface area (Å²) >= 11 is 0. The molecule has 1 rings (SSSR count). The lowest BCUT2D eigenvalue weighted by atomic mass is 10.1. The predicted molar refractivity (Wildman–Crippen MR) is 77.0 cm³/mol.